The van der Waals surface area contributed by atoms with Crippen molar-refractivity contribution in [3.05, 3.63) is 18.5 Å². The molecule has 3 nitrogen and oxygen atoms in total. The third kappa shape index (κ3) is 3.92. The molecule has 0 saturated heterocycles. The van der Waals surface area contributed by atoms with Crippen LogP contribution < -0.4 is 5.32 Å². The molecule has 0 aromatic carbocycles. The second-order valence-corrected chi connectivity index (χ2v) is 4.54. The molecule has 1 N–H and O–H groups in total. The fraction of sp³-hybridized carbons (Fsp3) is 0.727. The van der Waals surface area contributed by atoms with E-state index in [0.29, 0.717) is 0 Å². The maximum atomic E-state index is 4.22. The fourth-order valence-electron chi connectivity index (χ4n) is 1.49. The molecule has 0 bridgehead atoms. The minimum atomic E-state index is 0.265. The summed E-state index contributed by atoms with van der Waals surface area (Å²) in [4.78, 5) is 0. The molecule has 0 radical (unpaired) electrons. The lowest BCUT2D eigenvalue weighted by molar-refractivity contribution is 0.277. The molecule has 0 aliphatic carbocycles. The Balaban J connectivity index is 2.33. The summed E-state index contributed by atoms with van der Waals surface area (Å²) >= 11 is 0. The molecule has 0 saturated carbocycles. The van der Waals surface area contributed by atoms with Gasteiger partial charge in [-0.25, -0.2) is 0 Å². The average molecular weight is 195 g/mol. The number of aromatic nitrogens is 2. The fourth-order valence-corrected chi connectivity index (χ4v) is 1.49. The zero-order valence-electron chi connectivity index (χ0n) is 9.45. The molecule has 3 heteroatoms. The van der Waals surface area contributed by atoms with Gasteiger partial charge in [-0.1, -0.05) is 20.8 Å². The Bertz CT molecular complexity index is 239. The van der Waals surface area contributed by atoms with Gasteiger partial charge in [-0.2, -0.15) is 5.10 Å². The molecule has 0 spiro atoms. The first-order chi connectivity index (χ1) is 6.64. The summed E-state index contributed by atoms with van der Waals surface area (Å²) in [6.45, 7) is 9.82. The highest BCUT2D eigenvalue weighted by atomic mass is 15.3. The van der Waals surface area contributed by atoms with E-state index in [2.05, 4.69) is 31.2 Å². The highest BCUT2D eigenvalue weighted by Crippen LogP contribution is 2.15. The second kappa shape index (κ2) is 5.15. The van der Waals surface area contributed by atoms with Gasteiger partial charge in [0.2, 0.25) is 0 Å². The van der Waals surface area contributed by atoms with E-state index in [1.54, 1.807) is 0 Å². The molecule has 0 fully saturated rings. The third-order valence-corrected chi connectivity index (χ3v) is 2.18. The van der Waals surface area contributed by atoms with Crippen molar-refractivity contribution >= 4 is 0 Å². The standard InChI is InChI=1S/C11H21N3/c1-4-6-12-9-11(2,3)10-14-8-5-7-13-14/h5,7-8,12H,4,6,9-10H2,1-3H3. The second-order valence-electron chi connectivity index (χ2n) is 4.54. The van der Waals surface area contributed by atoms with Gasteiger partial charge < -0.3 is 5.32 Å². The van der Waals surface area contributed by atoms with Crippen LogP contribution in [0.3, 0.4) is 0 Å². The predicted octanol–water partition coefficient (Wildman–Crippen LogP) is 1.91. The summed E-state index contributed by atoms with van der Waals surface area (Å²) in [6.07, 6.45) is 5.04. The van der Waals surface area contributed by atoms with Crippen LogP contribution in [0.2, 0.25) is 0 Å². The average Bonchev–Trinajstić information content (AvgIpc) is 2.56. The molecule has 1 heterocycles. The molecule has 1 aromatic heterocycles. The molecule has 0 atom stereocenters. The topological polar surface area (TPSA) is 29.9 Å². The summed E-state index contributed by atoms with van der Waals surface area (Å²) in [6, 6.07) is 1.97. The van der Waals surface area contributed by atoms with Crippen LogP contribution in [-0.4, -0.2) is 22.9 Å². The lowest BCUT2D eigenvalue weighted by atomic mass is 9.93. The molecule has 1 rings (SSSR count). The van der Waals surface area contributed by atoms with Crippen LogP contribution in [0.1, 0.15) is 27.2 Å². The third-order valence-electron chi connectivity index (χ3n) is 2.18. The van der Waals surface area contributed by atoms with E-state index in [0.717, 1.165) is 19.6 Å². The maximum absolute atomic E-state index is 4.22. The first kappa shape index (κ1) is 11.2. The Morgan fingerprint density at radius 1 is 1.43 bits per heavy atom. The van der Waals surface area contributed by atoms with Crippen LogP contribution in [0.4, 0.5) is 0 Å². The first-order valence-electron chi connectivity index (χ1n) is 5.32. The van der Waals surface area contributed by atoms with Gasteiger partial charge >= 0.3 is 0 Å². The van der Waals surface area contributed by atoms with Gasteiger partial charge in [0.05, 0.1) is 0 Å². The zero-order chi connectivity index (χ0) is 10.4. The van der Waals surface area contributed by atoms with Crippen LogP contribution in [0.25, 0.3) is 0 Å². The predicted molar refractivity (Wildman–Crippen MR) is 59.2 cm³/mol. The highest BCUT2D eigenvalue weighted by Gasteiger charge is 2.17. The van der Waals surface area contributed by atoms with Crippen LogP contribution in [-0.2, 0) is 6.54 Å². The normalized spacial score (nSPS) is 11.9. The van der Waals surface area contributed by atoms with Crippen molar-refractivity contribution < 1.29 is 0 Å². The van der Waals surface area contributed by atoms with Gasteiger partial charge in [0, 0.05) is 25.5 Å². The van der Waals surface area contributed by atoms with E-state index in [1.807, 2.05) is 23.1 Å². The molecule has 0 unspecified atom stereocenters. The van der Waals surface area contributed by atoms with Crippen molar-refractivity contribution in [2.24, 2.45) is 5.41 Å². The van der Waals surface area contributed by atoms with Crippen LogP contribution >= 0.6 is 0 Å². The number of hydrogen-bond acceptors (Lipinski definition) is 2. The van der Waals surface area contributed by atoms with Gasteiger partial charge in [0.1, 0.15) is 0 Å². The largest absolute Gasteiger partial charge is 0.316 e. The van der Waals surface area contributed by atoms with E-state index in [-0.39, 0.29) is 5.41 Å². The van der Waals surface area contributed by atoms with E-state index >= 15 is 0 Å². The molecule has 1 aromatic rings. The summed E-state index contributed by atoms with van der Waals surface area (Å²) in [7, 11) is 0. The number of hydrogen-bond donors (Lipinski definition) is 1. The summed E-state index contributed by atoms with van der Waals surface area (Å²) in [5.74, 6) is 0. The van der Waals surface area contributed by atoms with Crippen LogP contribution in [0, 0.1) is 5.41 Å². The summed E-state index contributed by atoms with van der Waals surface area (Å²) in [5, 5.41) is 7.67. The van der Waals surface area contributed by atoms with Crippen molar-refractivity contribution in [2.45, 2.75) is 33.7 Å². The molecule has 80 valence electrons. The van der Waals surface area contributed by atoms with Gasteiger partial charge in [-0.3, -0.25) is 4.68 Å². The van der Waals surface area contributed by atoms with E-state index in [1.165, 1.54) is 6.42 Å². The van der Waals surface area contributed by atoms with Crippen LogP contribution in [0.5, 0.6) is 0 Å². The van der Waals surface area contributed by atoms with E-state index in [9.17, 15) is 0 Å². The van der Waals surface area contributed by atoms with Gasteiger partial charge in [-0.05, 0) is 24.4 Å². The van der Waals surface area contributed by atoms with E-state index < -0.39 is 0 Å². The lowest BCUT2D eigenvalue weighted by Gasteiger charge is -2.24. The monoisotopic (exact) mass is 195 g/mol. The van der Waals surface area contributed by atoms with E-state index in [4.69, 9.17) is 0 Å². The quantitative estimate of drug-likeness (QED) is 0.703. The van der Waals surface area contributed by atoms with Crippen molar-refractivity contribution in [1.29, 1.82) is 0 Å². The van der Waals surface area contributed by atoms with Crippen molar-refractivity contribution in [2.75, 3.05) is 13.1 Å². The Labute approximate surface area is 86.5 Å². The molecule has 0 amide bonds. The maximum Gasteiger partial charge on any atom is 0.0489 e. The first-order valence-corrected chi connectivity index (χ1v) is 5.32. The van der Waals surface area contributed by atoms with Gasteiger partial charge in [-0.15, -0.1) is 0 Å². The van der Waals surface area contributed by atoms with Crippen molar-refractivity contribution in [3.63, 3.8) is 0 Å². The Morgan fingerprint density at radius 3 is 2.79 bits per heavy atom. The number of nitrogens with one attached hydrogen (secondary N) is 1. The Morgan fingerprint density at radius 2 is 2.21 bits per heavy atom. The lowest BCUT2D eigenvalue weighted by Crippen LogP contribution is -2.33. The van der Waals surface area contributed by atoms with Gasteiger partial charge in [0.15, 0.2) is 0 Å². The molecule has 0 aliphatic heterocycles. The number of nitrogens with zero attached hydrogens (tertiary/aromatic N) is 2. The molecule has 0 aliphatic rings. The highest BCUT2D eigenvalue weighted by molar-refractivity contribution is 4.81. The van der Waals surface area contributed by atoms with Crippen molar-refractivity contribution in [1.82, 2.24) is 15.1 Å². The minimum absolute atomic E-state index is 0.265. The van der Waals surface area contributed by atoms with Crippen LogP contribution in [0.15, 0.2) is 18.5 Å². The Hall–Kier alpha value is -0.830. The zero-order valence-corrected chi connectivity index (χ0v) is 9.45. The summed E-state index contributed by atoms with van der Waals surface area (Å²) in [5.41, 5.74) is 0.265. The minimum Gasteiger partial charge on any atom is -0.316 e. The SMILES string of the molecule is CCCNCC(C)(C)Cn1cccn1. The van der Waals surface area contributed by atoms with Gasteiger partial charge in [0.25, 0.3) is 0 Å². The van der Waals surface area contributed by atoms with Crippen molar-refractivity contribution in [3.8, 4) is 0 Å². The Kier molecular flexibility index (Phi) is 4.14. The smallest absolute Gasteiger partial charge is 0.0489 e. The molecular weight excluding hydrogens is 174 g/mol. The number of rotatable bonds is 6. The molecular formula is C11H21N3. The summed E-state index contributed by atoms with van der Waals surface area (Å²) < 4.78 is 1.99. The molecule has 14 heavy (non-hydrogen) atoms.